The molecule has 0 aliphatic carbocycles. The number of pyridine rings is 1. The molecule has 0 saturated carbocycles. The maximum atomic E-state index is 4.39. The maximum absolute atomic E-state index is 4.39. The van der Waals surface area contributed by atoms with Gasteiger partial charge >= 0.3 is 0 Å². The molecule has 0 bridgehead atoms. The first-order valence-corrected chi connectivity index (χ1v) is 5.46. The quantitative estimate of drug-likeness (QED) is 0.728. The van der Waals surface area contributed by atoms with Crippen LogP contribution in [-0.4, -0.2) is 23.0 Å². The van der Waals surface area contributed by atoms with Gasteiger partial charge in [-0.25, -0.2) is 0 Å². The van der Waals surface area contributed by atoms with E-state index in [2.05, 4.69) is 35.9 Å². The molecule has 76 valence electrons. The van der Waals surface area contributed by atoms with Crippen LogP contribution in [-0.2, 0) is 0 Å². The minimum Gasteiger partial charge on any atom is -0.294 e. The Balaban J connectivity index is 1.94. The molecule has 0 aromatic carbocycles. The molecule has 0 radical (unpaired) electrons. The summed E-state index contributed by atoms with van der Waals surface area (Å²) < 4.78 is 0. The molecule has 1 unspecified atom stereocenters. The van der Waals surface area contributed by atoms with E-state index in [1.165, 1.54) is 25.2 Å². The molecule has 2 rings (SSSR count). The topological polar surface area (TPSA) is 16.1 Å². The summed E-state index contributed by atoms with van der Waals surface area (Å²) in [4.78, 5) is 6.89. The Kier molecular flexibility index (Phi) is 2.82. The summed E-state index contributed by atoms with van der Waals surface area (Å²) in [6.45, 7) is 7.00. The number of aromatic nitrogens is 1. The molecule has 2 nitrogen and oxygen atoms in total. The normalized spacial score (nSPS) is 20.4. The molecule has 0 spiro atoms. The lowest BCUT2D eigenvalue weighted by Crippen LogP contribution is -2.47. The fourth-order valence-electron chi connectivity index (χ4n) is 1.99. The van der Waals surface area contributed by atoms with Crippen LogP contribution in [0.3, 0.4) is 0 Å². The van der Waals surface area contributed by atoms with Gasteiger partial charge in [-0.2, -0.15) is 0 Å². The average molecular weight is 190 g/mol. The van der Waals surface area contributed by atoms with Crippen molar-refractivity contribution in [1.82, 2.24) is 9.88 Å². The monoisotopic (exact) mass is 190 g/mol. The zero-order valence-corrected chi connectivity index (χ0v) is 8.98. The molecule has 2 heteroatoms. The van der Waals surface area contributed by atoms with E-state index >= 15 is 0 Å². The van der Waals surface area contributed by atoms with E-state index in [1.54, 1.807) is 0 Å². The first-order valence-electron chi connectivity index (χ1n) is 5.46. The van der Waals surface area contributed by atoms with Gasteiger partial charge in [-0.05, 0) is 25.0 Å². The molecule has 1 saturated heterocycles. The first-order chi connectivity index (χ1) is 6.81. The third kappa shape index (κ3) is 1.80. The lowest BCUT2D eigenvalue weighted by atomic mass is 9.94. The van der Waals surface area contributed by atoms with Crippen molar-refractivity contribution in [2.75, 3.05) is 13.1 Å². The van der Waals surface area contributed by atoms with Gasteiger partial charge in [0.2, 0.25) is 0 Å². The number of rotatable bonds is 3. The fourth-order valence-corrected chi connectivity index (χ4v) is 1.99. The van der Waals surface area contributed by atoms with Crippen molar-refractivity contribution in [2.24, 2.45) is 5.92 Å². The Morgan fingerprint density at radius 3 is 2.86 bits per heavy atom. The molecular weight excluding hydrogens is 172 g/mol. The fraction of sp³-hybridized carbons (Fsp3) is 0.583. The Morgan fingerprint density at radius 2 is 2.29 bits per heavy atom. The Bertz CT molecular complexity index is 278. The van der Waals surface area contributed by atoms with Gasteiger partial charge in [0.25, 0.3) is 0 Å². The highest BCUT2D eigenvalue weighted by molar-refractivity contribution is 5.09. The van der Waals surface area contributed by atoms with Crippen molar-refractivity contribution in [3.05, 3.63) is 30.1 Å². The summed E-state index contributed by atoms with van der Waals surface area (Å²) in [6, 6.07) is 6.64. The predicted molar refractivity (Wildman–Crippen MR) is 58.0 cm³/mol. The van der Waals surface area contributed by atoms with E-state index in [0.717, 1.165) is 5.92 Å². The van der Waals surface area contributed by atoms with Gasteiger partial charge in [-0.3, -0.25) is 9.88 Å². The van der Waals surface area contributed by atoms with E-state index in [0.29, 0.717) is 6.04 Å². The summed E-state index contributed by atoms with van der Waals surface area (Å²) in [5, 5.41) is 0. The Hall–Kier alpha value is -0.890. The molecule has 1 aliphatic heterocycles. The summed E-state index contributed by atoms with van der Waals surface area (Å²) >= 11 is 0. The molecule has 1 fully saturated rings. The van der Waals surface area contributed by atoms with Gasteiger partial charge in [0.15, 0.2) is 0 Å². The second-order valence-electron chi connectivity index (χ2n) is 4.16. The number of hydrogen-bond donors (Lipinski definition) is 0. The SMILES string of the molecule is CCC1CN(C(C)c2ccccn2)C1. The minimum atomic E-state index is 0.485. The van der Waals surface area contributed by atoms with Crippen LogP contribution in [0.2, 0.25) is 0 Å². The van der Waals surface area contributed by atoms with Crippen molar-refractivity contribution in [3.8, 4) is 0 Å². The Morgan fingerprint density at radius 1 is 1.50 bits per heavy atom. The largest absolute Gasteiger partial charge is 0.294 e. The smallest absolute Gasteiger partial charge is 0.0572 e. The van der Waals surface area contributed by atoms with Gasteiger partial charge in [0.1, 0.15) is 0 Å². The standard InChI is InChI=1S/C12H18N2/c1-3-11-8-14(9-11)10(2)12-6-4-5-7-13-12/h4-7,10-11H,3,8-9H2,1-2H3. The van der Waals surface area contributed by atoms with Gasteiger partial charge in [0, 0.05) is 25.3 Å². The van der Waals surface area contributed by atoms with E-state index in [-0.39, 0.29) is 0 Å². The lowest BCUT2D eigenvalue weighted by Gasteiger charge is -2.42. The highest BCUT2D eigenvalue weighted by atomic mass is 15.2. The van der Waals surface area contributed by atoms with Gasteiger partial charge in [-0.15, -0.1) is 0 Å². The van der Waals surface area contributed by atoms with Crippen LogP contribution in [0.5, 0.6) is 0 Å². The van der Waals surface area contributed by atoms with E-state index in [1.807, 2.05) is 12.3 Å². The molecule has 1 aliphatic rings. The zero-order chi connectivity index (χ0) is 9.97. The zero-order valence-electron chi connectivity index (χ0n) is 8.98. The second kappa shape index (κ2) is 4.09. The molecule has 0 amide bonds. The highest BCUT2D eigenvalue weighted by Gasteiger charge is 2.29. The van der Waals surface area contributed by atoms with Gasteiger partial charge < -0.3 is 0 Å². The van der Waals surface area contributed by atoms with Crippen LogP contribution in [0.15, 0.2) is 24.4 Å². The first kappa shape index (κ1) is 9.66. The molecule has 0 N–H and O–H groups in total. The molecule has 1 atom stereocenters. The summed E-state index contributed by atoms with van der Waals surface area (Å²) in [7, 11) is 0. The van der Waals surface area contributed by atoms with E-state index in [9.17, 15) is 0 Å². The predicted octanol–water partition coefficient (Wildman–Crippen LogP) is 2.48. The van der Waals surface area contributed by atoms with Crippen molar-refractivity contribution < 1.29 is 0 Å². The number of nitrogens with zero attached hydrogens (tertiary/aromatic N) is 2. The number of likely N-dealkylation sites (tertiary alicyclic amines) is 1. The summed E-state index contributed by atoms with van der Waals surface area (Å²) in [5.74, 6) is 0.918. The van der Waals surface area contributed by atoms with Crippen LogP contribution in [0.4, 0.5) is 0 Å². The molecule has 1 aromatic rings. The van der Waals surface area contributed by atoms with E-state index < -0.39 is 0 Å². The molecule has 14 heavy (non-hydrogen) atoms. The van der Waals surface area contributed by atoms with Gasteiger partial charge in [-0.1, -0.05) is 19.4 Å². The third-order valence-corrected chi connectivity index (χ3v) is 3.23. The van der Waals surface area contributed by atoms with Gasteiger partial charge in [0.05, 0.1) is 5.69 Å². The lowest BCUT2D eigenvalue weighted by molar-refractivity contribution is 0.0560. The molecular formula is C12H18N2. The van der Waals surface area contributed by atoms with Crippen LogP contribution in [0, 0.1) is 5.92 Å². The van der Waals surface area contributed by atoms with Crippen molar-refractivity contribution in [1.29, 1.82) is 0 Å². The Labute approximate surface area is 86.0 Å². The van der Waals surface area contributed by atoms with E-state index in [4.69, 9.17) is 0 Å². The van der Waals surface area contributed by atoms with Crippen LogP contribution in [0.1, 0.15) is 32.0 Å². The summed E-state index contributed by atoms with van der Waals surface area (Å²) in [6.07, 6.45) is 3.19. The van der Waals surface area contributed by atoms with Crippen LogP contribution >= 0.6 is 0 Å². The van der Waals surface area contributed by atoms with Crippen molar-refractivity contribution >= 4 is 0 Å². The van der Waals surface area contributed by atoms with Crippen LogP contribution < -0.4 is 0 Å². The summed E-state index contributed by atoms with van der Waals surface area (Å²) in [5.41, 5.74) is 1.20. The minimum absolute atomic E-state index is 0.485. The van der Waals surface area contributed by atoms with Crippen molar-refractivity contribution in [3.63, 3.8) is 0 Å². The van der Waals surface area contributed by atoms with Crippen LogP contribution in [0.25, 0.3) is 0 Å². The number of hydrogen-bond acceptors (Lipinski definition) is 2. The second-order valence-corrected chi connectivity index (χ2v) is 4.16. The van der Waals surface area contributed by atoms with Crippen molar-refractivity contribution in [2.45, 2.75) is 26.3 Å². The third-order valence-electron chi connectivity index (χ3n) is 3.23. The average Bonchev–Trinajstić information content (AvgIpc) is 2.17. The maximum Gasteiger partial charge on any atom is 0.0572 e. The highest BCUT2D eigenvalue weighted by Crippen LogP contribution is 2.28. The molecule has 1 aromatic heterocycles. The molecule has 2 heterocycles.